The number of carboxylic acids is 1. The van der Waals surface area contributed by atoms with Crippen molar-refractivity contribution in [1.82, 2.24) is 4.90 Å². The van der Waals surface area contributed by atoms with Crippen molar-refractivity contribution in [2.45, 2.75) is 19.4 Å². The second kappa shape index (κ2) is 8.56. The number of carbonyl (C=O) groups is 3. The van der Waals surface area contributed by atoms with Crippen LogP contribution in [0.15, 0.2) is 48.5 Å². The van der Waals surface area contributed by atoms with E-state index in [1.54, 1.807) is 36.3 Å². The summed E-state index contributed by atoms with van der Waals surface area (Å²) < 4.78 is 5.13. The average molecular weight is 382 g/mol. The molecule has 28 heavy (non-hydrogen) atoms. The van der Waals surface area contributed by atoms with Crippen LogP contribution in [0.25, 0.3) is 0 Å². The van der Waals surface area contributed by atoms with Gasteiger partial charge in [-0.25, -0.2) is 0 Å². The fourth-order valence-corrected chi connectivity index (χ4v) is 3.18. The van der Waals surface area contributed by atoms with Gasteiger partial charge in [0.05, 0.1) is 19.4 Å². The molecule has 7 heteroatoms. The Bertz CT molecular complexity index is 861. The lowest BCUT2D eigenvalue weighted by atomic mass is 10.1. The van der Waals surface area contributed by atoms with E-state index in [2.05, 4.69) is 5.32 Å². The Hall–Kier alpha value is -3.35. The first-order valence-electron chi connectivity index (χ1n) is 8.97. The quantitative estimate of drug-likeness (QED) is 0.766. The number of anilines is 1. The molecule has 2 N–H and O–H groups in total. The summed E-state index contributed by atoms with van der Waals surface area (Å²) in [5.41, 5.74) is 2.22. The summed E-state index contributed by atoms with van der Waals surface area (Å²) in [6.45, 7) is 0.824. The highest BCUT2D eigenvalue weighted by Gasteiger charge is 2.34. The Morgan fingerprint density at radius 1 is 1.11 bits per heavy atom. The predicted octanol–water partition coefficient (Wildman–Crippen LogP) is 2.31. The molecular formula is C21H22N2O5. The van der Waals surface area contributed by atoms with Crippen molar-refractivity contribution in [2.24, 2.45) is 5.92 Å². The summed E-state index contributed by atoms with van der Waals surface area (Å²) in [4.78, 5) is 37.2. The first-order chi connectivity index (χ1) is 13.4. The van der Waals surface area contributed by atoms with Crippen molar-refractivity contribution in [3.8, 4) is 5.75 Å². The lowest BCUT2D eigenvalue weighted by Gasteiger charge is -2.17. The number of rotatable bonds is 7. The largest absolute Gasteiger partial charge is 0.497 e. The maximum absolute atomic E-state index is 12.5. The van der Waals surface area contributed by atoms with Gasteiger partial charge in [0, 0.05) is 25.2 Å². The first-order valence-corrected chi connectivity index (χ1v) is 8.97. The highest BCUT2D eigenvalue weighted by Crippen LogP contribution is 2.23. The SMILES string of the molecule is COc1ccc(CN2CC(C(=O)Nc3ccc(CC(=O)O)cc3)CC2=O)cc1. The van der Waals surface area contributed by atoms with E-state index in [0.717, 1.165) is 11.3 Å². The van der Waals surface area contributed by atoms with Crippen molar-refractivity contribution in [2.75, 3.05) is 19.0 Å². The maximum Gasteiger partial charge on any atom is 0.307 e. The normalized spacial score (nSPS) is 16.1. The molecule has 3 rings (SSSR count). The van der Waals surface area contributed by atoms with Gasteiger partial charge in [-0.05, 0) is 35.4 Å². The minimum absolute atomic E-state index is 0.0484. The maximum atomic E-state index is 12.5. The number of nitrogens with zero attached hydrogens (tertiary/aromatic N) is 1. The van der Waals surface area contributed by atoms with Gasteiger partial charge in [0.1, 0.15) is 5.75 Å². The molecule has 2 aromatic rings. The number of hydrogen-bond donors (Lipinski definition) is 2. The zero-order chi connectivity index (χ0) is 20.1. The van der Waals surface area contributed by atoms with Crippen LogP contribution in [0, 0.1) is 5.92 Å². The molecule has 7 nitrogen and oxygen atoms in total. The Labute approximate surface area is 162 Å². The summed E-state index contributed by atoms with van der Waals surface area (Å²) in [7, 11) is 1.60. The third kappa shape index (κ3) is 4.88. The summed E-state index contributed by atoms with van der Waals surface area (Å²) in [5.74, 6) is -0.824. The minimum atomic E-state index is -0.904. The van der Waals surface area contributed by atoms with E-state index in [9.17, 15) is 14.4 Å². The lowest BCUT2D eigenvalue weighted by Crippen LogP contribution is -2.28. The lowest BCUT2D eigenvalue weighted by molar-refractivity contribution is -0.136. The topological polar surface area (TPSA) is 95.9 Å². The van der Waals surface area contributed by atoms with Gasteiger partial charge in [0.15, 0.2) is 0 Å². The molecule has 0 radical (unpaired) electrons. The van der Waals surface area contributed by atoms with Crippen LogP contribution in [0.2, 0.25) is 0 Å². The molecule has 0 aliphatic carbocycles. The van der Waals surface area contributed by atoms with Crippen molar-refractivity contribution < 1.29 is 24.2 Å². The number of ether oxygens (including phenoxy) is 1. The van der Waals surface area contributed by atoms with E-state index < -0.39 is 11.9 Å². The van der Waals surface area contributed by atoms with Crippen LogP contribution in [-0.2, 0) is 27.3 Å². The molecule has 1 aliphatic rings. The average Bonchev–Trinajstić information content (AvgIpc) is 3.04. The second-order valence-corrected chi connectivity index (χ2v) is 6.78. The van der Waals surface area contributed by atoms with Crippen LogP contribution in [-0.4, -0.2) is 41.4 Å². The molecule has 0 aromatic heterocycles. The number of carbonyl (C=O) groups excluding carboxylic acids is 2. The number of amides is 2. The van der Waals surface area contributed by atoms with Gasteiger partial charge in [-0.2, -0.15) is 0 Å². The van der Waals surface area contributed by atoms with Crippen LogP contribution in [0.1, 0.15) is 17.5 Å². The summed E-state index contributed by atoms with van der Waals surface area (Å²) in [6, 6.07) is 14.2. The van der Waals surface area contributed by atoms with Crippen molar-refractivity contribution >= 4 is 23.5 Å². The molecule has 1 atom stereocenters. The fraction of sp³-hybridized carbons (Fsp3) is 0.286. The van der Waals surface area contributed by atoms with Crippen LogP contribution in [0.4, 0.5) is 5.69 Å². The van der Waals surface area contributed by atoms with E-state index in [0.29, 0.717) is 24.3 Å². The van der Waals surface area contributed by atoms with E-state index in [-0.39, 0.29) is 24.7 Å². The third-order valence-corrected chi connectivity index (χ3v) is 4.69. The molecule has 0 spiro atoms. The molecule has 1 fully saturated rings. The van der Waals surface area contributed by atoms with Gasteiger partial charge in [-0.15, -0.1) is 0 Å². The molecule has 1 saturated heterocycles. The Kier molecular flexibility index (Phi) is 5.93. The monoisotopic (exact) mass is 382 g/mol. The van der Waals surface area contributed by atoms with E-state index >= 15 is 0 Å². The van der Waals surface area contributed by atoms with Crippen molar-refractivity contribution in [1.29, 1.82) is 0 Å². The molecule has 1 aliphatic heterocycles. The van der Waals surface area contributed by atoms with Crippen LogP contribution >= 0.6 is 0 Å². The summed E-state index contributed by atoms with van der Waals surface area (Å²) in [5, 5.41) is 11.6. The van der Waals surface area contributed by atoms with Gasteiger partial charge in [0.25, 0.3) is 0 Å². The standard InChI is InChI=1S/C21H22N2O5/c1-28-18-8-4-15(5-9-18)12-23-13-16(11-19(23)24)21(27)22-17-6-2-14(3-7-17)10-20(25)26/h2-9,16H,10-13H2,1H3,(H,22,27)(H,25,26). The predicted molar refractivity (Wildman–Crippen MR) is 103 cm³/mol. The molecule has 0 bridgehead atoms. The van der Waals surface area contributed by atoms with Gasteiger partial charge in [-0.3, -0.25) is 14.4 Å². The smallest absolute Gasteiger partial charge is 0.307 e. The highest BCUT2D eigenvalue weighted by molar-refractivity contribution is 5.97. The zero-order valence-corrected chi connectivity index (χ0v) is 15.6. The Balaban J connectivity index is 1.56. The summed E-state index contributed by atoms with van der Waals surface area (Å²) in [6.07, 6.45) is 0.116. The van der Waals surface area contributed by atoms with E-state index in [1.807, 2.05) is 24.3 Å². The van der Waals surface area contributed by atoms with Crippen molar-refractivity contribution in [3.05, 3.63) is 59.7 Å². The van der Waals surface area contributed by atoms with Gasteiger partial charge in [0.2, 0.25) is 11.8 Å². The Morgan fingerprint density at radius 3 is 2.36 bits per heavy atom. The molecule has 1 heterocycles. The molecular weight excluding hydrogens is 360 g/mol. The molecule has 146 valence electrons. The van der Waals surface area contributed by atoms with Crippen LogP contribution in [0.5, 0.6) is 5.75 Å². The molecule has 0 saturated carbocycles. The number of nitrogens with one attached hydrogen (secondary N) is 1. The van der Waals surface area contributed by atoms with Gasteiger partial charge in [-0.1, -0.05) is 24.3 Å². The van der Waals surface area contributed by atoms with Crippen LogP contribution in [0.3, 0.4) is 0 Å². The highest BCUT2D eigenvalue weighted by atomic mass is 16.5. The third-order valence-electron chi connectivity index (χ3n) is 4.69. The van der Waals surface area contributed by atoms with Gasteiger partial charge >= 0.3 is 5.97 Å². The Morgan fingerprint density at radius 2 is 1.75 bits per heavy atom. The van der Waals surface area contributed by atoms with Crippen molar-refractivity contribution in [3.63, 3.8) is 0 Å². The first kappa shape index (κ1) is 19.4. The number of aliphatic carboxylic acids is 1. The van der Waals surface area contributed by atoms with E-state index in [1.165, 1.54) is 0 Å². The molecule has 1 unspecified atom stereocenters. The van der Waals surface area contributed by atoms with E-state index in [4.69, 9.17) is 9.84 Å². The molecule has 2 amide bonds. The zero-order valence-electron chi connectivity index (χ0n) is 15.6. The number of likely N-dealkylation sites (tertiary alicyclic amines) is 1. The number of carboxylic acid groups (broad SMARTS) is 1. The molecule has 2 aromatic carbocycles. The number of benzene rings is 2. The second-order valence-electron chi connectivity index (χ2n) is 6.78. The number of hydrogen-bond acceptors (Lipinski definition) is 4. The van der Waals surface area contributed by atoms with Gasteiger partial charge < -0.3 is 20.1 Å². The summed E-state index contributed by atoms with van der Waals surface area (Å²) >= 11 is 0. The number of methoxy groups -OCH3 is 1. The van der Waals surface area contributed by atoms with Crippen LogP contribution < -0.4 is 10.1 Å². The fourth-order valence-electron chi connectivity index (χ4n) is 3.18. The minimum Gasteiger partial charge on any atom is -0.497 e.